The van der Waals surface area contributed by atoms with Crippen molar-refractivity contribution >= 4 is 66.1 Å². The van der Waals surface area contributed by atoms with E-state index in [0.29, 0.717) is 5.84 Å². The number of fused-ring (bicyclic) bond motifs is 3. The highest BCUT2D eigenvalue weighted by Gasteiger charge is 2.30. The van der Waals surface area contributed by atoms with Gasteiger partial charge in [-0.25, -0.2) is 4.99 Å². The van der Waals surface area contributed by atoms with Crippen LogP contribution in [0.25, 0.3) is 31.3 Å². The molecule has 52 heavy (non-hydrogen) atoms. The van der Waals surface area contributed by atoms with E-state index in [2.05, 4.69) is 85.8 Å². The van der Waals surface area contributed by atoms with Gasteiger partial charge in [-0.1, -0.05) is 158 Å². The third-order valence-electron chi connectivity index (χ3n) is 9.56. The molecule has 0 saturated heterocycles. The zero-order valence-electron chi connectivity index (χ0n) is 29.1. The molecule has 1 heterocycles. The number of nitrogens with zero attached hydrogens (tertiary/aromatic N) is 2. The molecule has 1 unspecified atom stereocenters. The van der Waals surface area contributed by atoms with Crippen molar-refractivity contribution in [2.45, 2.75) is 19.9 Å². The Kier molecular flexibility index (Phi) is 9.35. The summed E-state index contributed by atoms with van der Waals surface area (Å²) in [5.41, 5.74) is 6.18. The van der Waals surface area contributed by atoms with Gasteiger partial charge >= 0.3 is 0 Å². The summed E-state index contributed by atoms with van der Waals surface area (Å²) in [6, 6.07) is 61.5. The number of rotatable bonds is 8. The average Bonchev–Trinajstić information content (AvgIpc) is 3.60. The first kappa shape index (κ1) is 33.5. The van der Waals surface area contributed by atoms with Crippen LogP contribution < -0.4 is 15.9 Å². The maximum atomic E-state index is 15.2. The average molecular weight is 709 g/mol. The molecule has 252 valence electrons. The monoisotopic (exact) mass is 708 g/mol. The van der Waals surface area contributed by atoms with Crippen LogP contribution in [0.15, 0.2) is 192 Å². The van der Waals surface area contributed by atoms with Crippen LogP contribution in [0, 0.1) is 0 Å². The summed E-state index contributed by atoms with van der Waals surface area (Å²) in [5, 5.41) is 4.94. The summed E-state index contributed by atoms with van der Waals surface area (Å²) in [6.07, 6.45) is 0. The van der Waals surface area contributed by atoms with Gasteiger partial charge in [0, 0.05) is 47.4 Å². The maximum absolute atomic E-state index is 15.2. The van der Waals surface area contributed by atoms with Gasteiger partial charge in [0.05, 0.1) is 6.04 Å². The van der Waals surface area contributed by atoms with Crippen molar-refractivity contribution in [3.63, 3.8) is 0 Å². The van der Waals surface area contributed by atoms with Gasteiger partial charge in [-0.3, -0.25) is 4.99 Å². The first-order valence-electron chi connectivity index (χ1n) is 17.5. The van der Waals surface area contributed by atoms with Gasteiger partial charge in [-0.15, -0.1) is 11.3 Å². The molecule has 0 radical (unpaired) electrons. The molecule has 0 aliphatic rings. The first-order chi connectivity index (χ1) is 25.5. The summed E-state index contributed by atoms with van der Waals surface area (Å²) in [6.45, 7) is 4.16. The zero-order chi connectivity index (χ0) is 35.5. The Morgan fingerprint density at radius 1 is 0.577 bits per heavy atom. The summed E-state index contributed by atoms with van der Waals surface area (Å²) in [5.74, 6) is 0.656. The lowest BCUT2D eigenvalue weighted by molar-refractivity contribution is 0.592. The molecule has 5 heteroatoms. The minimum Gasteiger partial charge on any atom is -0.309 e. The normalized spacial score (nSPS) is 13.0. The fraction of sp³-hybridized carbons (Fsp3) is 0.0638. The predicted octanol–water partition coefficient (Wildman–Crippen LogP) is 11.4. The highest BCUT2D eigenvalue weighted by Crippen LogP contribution is 2.43. The van der Waals surface area contributed by atoms with E-state index in [4.69, 9.17) is 9.98 Å². The highest BCUT2D eigenvalue weighted by atomic mass is 32.1. The van der Waals surface area contributed by atoms with E-state index in [1.807, 2.05) is 121 Å². The number of amidine groups is 1. The van der Waals surface area contributed by atoms with Gasteiger partial charge in [0.15, 0.2) is 13.0 Å². The highest BCUT2D eigenvalue weighted by molar-refractivity contribution is 7.85. The molecule has 0 fully saturated rings. The molecule has 0 aliphatic heterocycles. The Labute approximate surface area is 309 Å². The van der Waals surface area contributed by atoms with Crippen LogP contribution in [0.1, 0.15) is 36.6 Å². The van der Waals surface area contributed by atoms with Gasteiger partial charge in [0.1, 0.15) is 0 Å². The molecule has 0 N–H and O–H groups in total. The third-order valence-corrected chi connectivity index (χ3v) is 13.7. The second-order valence-electron chi connectivity index (χ2n) is 12.9. The number of hydrogen-bond donors (Lipinski definition) is 0. The lowest BCUT2D eigenvalue weighted by atomic mass is 9.95. The maximum Gasteiger partial charge on any atom is 0.171 e. The second-order valence-corrected chi connectivity index (χ2v) is 16.8. The smallest absolute Gasteiger partial charge is 0.171 e. The van der Waals surface area contributed by atoms with Gasteiger partial charge in [-0.2, -0.15) is 0 Å². The van der Waals surface area contributed by atoms with Crippen molar-refractivity contribution in [3.8, 4) is 11.1 Å². The molecule has 0 amide bonds. The summed E-state index contributed by atoms with van der Waals surface area (Å²) < 4.78 is 17.7. The van der Waals surface area contributed by atoms with Crippen LogP contribution in [-0.2, 0) is 4.57 Å². The van der Waals surface area contributed by atoms with Crippen LogP contribution in [0.5, 0.6) is 0 Å². The van der Waals surface area contributed by atoms with Crippen molar-refractivity contribution in [1.82, 2.24) is 0 Å². The Morgan fingerprint density at radius 2 is 1.13 bits per heavy atom. The molecule has 8 rings (SSSR count). The molecule has 0 bridgehead atoms. The number of thiophene rings is 1. The summed E-state index contributed by atoms with van der Waals surface area (Å²) >= 11 is 1.83. The second kappa shape index (κ2) is 14.5. The van der Waals surface area contributed by atoms with E-state index in [0.717, 1.165) is 38.3 Å². The zero-order valence-corrected chi connectivity index (χ0v) is 30.8. The van der Waals surface area contributed by atoms with Crippen LogP contribution in [0.4, 0.5) is 0 Å². The molecule has 7 aromatic carbocycles. The van der Waals surface area contributed by atoms with Gasteiger partial charge in [0.25, 0.3) is 0 Å². The van der Waals surface area contributed by atoms with Crippen LogP contribution >= 0.6 is 18.5 Å². The first-order valence-corrected chi connectivity index (χ1v) is 20.0. The van der Waals surface area contributed by atoms with Crippen molar-refractivity contribution in [1.29, 1.82) is 0 Å². The summed E-state index contributed by atoms with van der Waals surface area (Å²) in [7, 11) is -3.14. The van der Waals surface area contributed by atoms with Crippen molar-refractivity contribution in [3.05, 3.63) is 199 Å². The van der Waals surface area contributed by atoms with E-state index in [9.17, 15) is 0 Å². The van der Waals surface area contributed by atoms with Gasteiger partial charge < -0.3 is 4.57 Å². The lowest BCUT2D eigenvalue weighted by Crippen LogP contribution is -2.25. The number of benzene rings is 7. The van der Waals surface area contributed by atoms with E-state index in [1.165, 1.54) is 31.3 Å². The lowest BCUT2D eigenvalue weighted by Gasteiger charge is -2.20. The van der Waals surface area contributed by atoms with Crippen molar-refractivity contribution in [2.75, 3.05) is 0 Å². The molecule has 3 nitrogen and oxygen atoms in total. The molecule has 0 aliphatic carbocycles. The molecule has 1 atom stereocenters. The quantitative estimate of drug-likeness (QED) is 0.0880. The number of hydrogen-bond acceptors (Lipinski definition) is 3. The van der Waals surface area contributed by atoms with Gasteiger partial charge in [0.2, 0.25) is 0 Å². The number of aliphatic imine (C=N–C) groups is 2. The fourth-order valence-corrected chi connectivity index (χ4v) is 10.7. The predicted molar refractivity (Wildman–Crippen MR) is 224 cm³/mol. The Bertz CT molecular complexity index is 2570. The Morgan fingerprint density at radius 3 is 1.81 bits per heavy atom. The minimum absolute atomic E-state index is 0.174. The topological polar surface area (TPSA) is 41.8 Å². The van der Waals surface area contributed by atoms with Crippen molar-refractivity contribution < 1.29 is 4.57 Å². The molecular formula is C47H37N2OPS. The molecule has 1 aromatic heterocycles. The largest absolute Gasteiger partial charge is 0.309 e. The van der Waals surface area contributed by atoms with Crippen LogP contribution in [-0.4, -0.2) is 11.5 Å². The molecule has 8 aromatic rings. The SMILES string of the molecule is C/C(=N\C(=N/C(C)c1cc(-c2ccccc2)c2c(c1)sc1ccccc12)c1ccccc1)c1cccc(P(=O)(c2ccccc2)c2ccccc2)c1. The van der Waals surface area contributed by atoms with Gasteiger partial charge in [-0.05, 0) is 60.4 Å². The van der Waals surface area contributed by atoms with E-state index >= 15 is 4.57 Å². The molecule has 0 spiro atoms. The minimum atomic E-state index is -3.14. The van der Waals surface area contributed by atoms with Crippen LogP contribution in [0.3, 0.4) is 0 Å². The fourth-order valence-electron chi connectivity index (χ4n) is 6.85. The Balaban J connectivity index is 1.23. The van der Waals surface area contributed by atoms with E-state index < -0.39 is 7.14 Å². The molecular weight excluding hydrogens is 672 g/mol. The molecule has 0 saturated carbocycles. The Hall–Kier alpha value is -5.67. The third kappa shape index (κ3) is 6.48. The summed E-state index contributed by atoms with van der Waals surface area (Å²) in [4.78, 5) is 10.5. The van der Waals surface area contributed by atoms with Crippen LogP contribution in [0.2, 0.25) is 0 Å². The standard InChI is InChI=1S/C47H37N2OPS/c1-33(37-22-17-27-41(30-37)51(50,39-23-11-5-12-24-39)40-25-13-6-14-26-40)48-47(36-20-9-4-10-21-36)49-34(2)38-31-43(35-18-7-3-8-19-35)46-42-28-15-16-29-44(42)52-45(46)32-38/h3-32,34H,1-2H3/b48-33+,49-47-. The van der Waals surface area contributed by atoms with E-state index in [1.54, 1.807) is 0 Å². The van der Waals surface area contributed by atoms with E-state index in [-0.39, 0.29) is 6.04 Å². The van der Waals surface area contributed by atoms with Crippen molar-refractivity contribution in [2.24, 2.45) is 9.98 Å².